The molecule has 0 spiro atoms. The molecule has 1 aliphatic rings. The molecule has 0 unspecified atom stereocenters. The molecule has 1 heterocycles. The van der Waals surface area contributed by atoms with Crippen LogP contribution in [0.3, 0.4) is 0 Å². The van der Waals surface area contributed by atoms with Crippen LogP contribution in [0, 0.1) is 6.92 Å². The van der Waals surface area contributed by atoms with Gasteiger partial charge in [0.2, 0.25) is 0 Å². The van der Waals surface area contributed by atoms with Crippen molar-refractivity contribution in [2.45, 2.75) is 52.1 Å². The molecule has 4 heteroatoms. The maximum atomic E-state index is 12.0. The van der Waals surface area contributed by atoms with Crippen LogP contribution in [-0.2, 0) is 11.2 Å². The summed E-state index contributed by atoms with van der Waals surface area (Å²) in [6.45, 7) is 3.88. The number of ketones is 1. The normalized spacial score (nSPS) is 18.6. The fourth-order valence-electron chi connectivity index (χ4n) is 3.10. The Bertz CT molecular complexity index is 772. The Labute approximate surface area is 129 Å². The second-order valence-corrected chi connectivity index (χ2v) is 5.82. The monoisotopic (exact) mass is 300 g/mol. The lowest BCUT2D eigenvalue weighted by atomic mass is 9.96. The van der Waals surface area contributed by atoms with E-state index in [1.54, 1.807) is 6.07 Å². The van der Waals surface area contributed by atoms with Crippen molar-refractivity contribution in [3.8, 4) is 5.75 Å². The van der Waals surface area contributed by atoms with Crippen LogP contribution in [0.2, 0.25) is 0 Å². The first kappa shape index (κ1) is 14.8. The van der Waals surface area contributed by atoms with Gasteiger partial charge in [-0.05, 0) is 50.3 Å². The topological polar surface area (TPSA) is 56.5 Å². The molecule has 0 radical (unpaired) electrons. The Hall–Kier alpha value is -2.10. The highest BCUT2D eigenvalue weighted by Gasteiger charge is 2.24. The van der Waals surface area contributed by atoms with Crippen LogP contribution in [0.15, 0.2) is 27.4 Å². The summed E-state index contributed by atoms with van der Waals surface area (Å²) in [7, 11) is 0. The molecular weight excluding hydrogens is 280 g/mol. The SMILES string of the molecule is CCc1c(C)c2ccc(O[C@@H]3CCCCC3=O)cc2oc1=O. The van der Waals surface area contributed by atoms with Crippen LogP contribution in [0.5, 0.6) is 5.75 Å². The molecule has 0 N–H and O–H groups in total. The Morgan fingerprint density at radius 3 is 2.82 bits per heavy atom. The van der Waals surface area contributed by atoms with E-state index in [0.29, 0.717) is 29.7 Å². The fourth-order valence-corrected chi connectivity index (χ4v) is 3.10. The summed E-state index contributed by atoms with van der Waals surface area (Å²) in [6, 6.07) is 5.46. The molecule has 1 fully saturated rings. The maximum Gasteiger partial charge on any atom is 0.339 e. The average molecular weight is 300 g/mol. The van der Waals surface area contributed by atoms with Gasteiger partial charge in [-0.1, -0.05) is 6.92 Å². The summed E-state index contributed by atoms with van der Waals surface area (Å²) in [5.41, 5.74) is 1.89. The lowest BCUT2D eigenvalue weighted by molar-refractivity contribution is -0.127. The van der Waals surface area contributed by atoms with Crippen molar-refractivity contribution in [2.24, 2.45) is 0 Å². The average Bonchev–Trinajstić information content (AvgIpc) is 2.50. The van der Waals surface area contributed by atoms with E-state index in [0.717, 1.165) is 30.2 Å². The molecule has 1 aromatic carbocycles. The first-order valence-corrected chi connectivity index (χ1v) is 7.86. The van der Waals surface area contributed by atoms with E-state index in [9.17, 15) is 9.59 Å². The quantitative estimate of drug-likeness (QED) is 0.813. The van der Waals surface area contributed by atoms with Gasteiger partial charge in [0.15, 0.2) is 11.9 Å². The number of rotatable bonds is 3. The van der Waals surface area contributed by atoms with Gasteiger partial charge in [0.05, 0.1) is 0 Å². The first-order chi connectivity index (χ1) is 10.6. The standard InChI is InChI=1S/C18H20O4/c1-3-13-11(2)14-9-8-12(10-17(14)22-18(13)20)21-16-7-5-4-6-15(16)19/h8-10,16H,3-7H2,1-2H3/t16-/m1/s1. The molecule has 3 rings (SSSR count). The molecule has 22 heavy (non-hydrogen) atoms. The highest BCUT2D eigenvalue weighted by atomic mass is 16.5. The molecule has 116 valence electrons. The zero-order valence-corrected chi connectivity index (χ0v) is 13.0. The number of carbonyl (C=O) groups excluding carboxylic acids is 1. The van der Waals surface area contributed by atoms with Crippen molar-refractivity contribution in [3.63, 3.8) is 0 Å². The summed E-state index contributed by atoms with van der Waals surface area (Å²) in [4.78, 5) is 23.8. The smallest absolute Gasteiger partial charge is 0.339 e. The molecule has 1 aliphatic carbocycles. The minimum absolute atomic E-state index is 0.158. The Morgan fingerprint density at radius 2 is 2.09 bits per heavy atom. The van der Waals surface area contributed by atoms with Crippen molar-refractivity contribution < 1.29 is 13.9 Å². The van der Waals surface area contributed by atoms with Crippen LogP contribution in [0.25, 0.3) is 11.0 Å². The second-order valence-electron chi connectivity index (χ2n) is 5.82. The van der Waals surface area contributed by atoms with Crippen molar-refractivity contribution in [3.05, 3.63) is 39.7 Å². The molecule has 0 amide bonds. The predicted octanol–water partition coefficient (Wildman–Crippen LogP) is 3.55. The molecule has 1 atom stereocenters. The first-order valence-electron chi connectivity index (χ1n) is 7.86. The zero-order valence-electron chi connectivity index (χ0n) is 13.0. The summed E-state index contributed by atoms with van der Waals surface area (Å²) in [5.74, 6) is 0.741. The highest BCUT2D eigenvalue weighted by molar-refractivity contribution is 5.85. The molecule has 0 aliphatic heterocycles. The second kappa shape index (κ2) is 5.95. The Morgan fingerprint density at radius 1 is 1.27 bits per heavy atom. The van der Waals surface area contributed by atoms with Crippen LogP contribution in [0.4, 0.5) is 0 Å². The largest absolute Gasteiger partial charge is 0.483 e. The van der Waals surface area contributed by atoms with Crippen molar-refractivity contribution in [2.75, 3.05) is 0 Å². The zero-order chi connectivity index (χ0) is 15.7. The third kappa shape index (κ3) is 2.65. The van der Waals surface area contributed by atoms with Crippen molar-refractivity contribution in [1.82, 2.24) is 0 Å². The van der Waals surface area contributed by atoms with Gasteiger partial charge in [0.1, 0.15) is 11.3 Å². The van der Waals surface area contributed by atoms with E-state index < -0.39 is 0 Å². The van der Waals surface area contributed by atoms with Gasteiger partial charge in [0.25, 0.3) is 0 Å². The van der Waals surface area contributed by atoms with E-state index in [-0.39, 0.29) is 17.5 Å². The summed E-state index contributed by atoms with van der Waals surface area (Å²) in [5, 5.41) is 0.916. The number of aryl methyl sites for hydroxylation is 1. The van der Waals surface area contributed by atoms with E-state index in [4.69, 9.17) is 9.15 Å². The van der Waals surface area contributed by atoms with Gasteiger partial charge in [-0.3, -0.25) is 4.79 Å². The fraction of sp³-hybridized carbons (Fsp3) is 0.444. The molecular formula is C18H20O4. The minimum Gasteiger partial charge on any atom is -0.483 e. The number of hydrogen-bond acceptors (Lipinski definition) is 4. The molecule has 1 saturated carbocycles. The molecule has 0 saturated heterocycles. The van der Waals surface area contributed by atoms with Crippen molar-refractivity contribution in [1.29, 1.82) is 0 Å². The van der Waals surface area contributed by atoms with Crippen LogP contribution >= 0.6 is 0 Å². The Kier molecular flexibility index (Phi) is 4.01. The molecule has 0 bridgehead atoms. The van der Waals surface area contributed by atoms with E-state index in [1.165, 1.54) is 0 Å². The summed E-state index contributed by atoms with van der Waals surface area (Å²) < 4.78 is 11.2. The van der Waals surface area contributed by atoms with E-state index in [1.807, 2.05) is 26.0 Å². The maximum absolute atomic E-state index is 12.0. The number of Topliss-reactive ketones (excluding diaryl/α,β-unsaturated/α-hetero) is 1. The van der Waals surface area contributed by atoms with Gasteiger partial charge in [-0.15, -0.1) is 0 Å². The number of fused-ring (bicyclic) bond motifs is 1. The number of benzene rings is 1. The third-order valence-corrected chi connectivity index (χ3v) is 4.39. The molecule has 4 nitrogen and oxygen atoms in total. The van der Waals surface area contributed by atoms with Gasteiger partial charge < -0.3 is 9.15 Å². The van der Waals surface area contributed by atoms with E-state index >= 15 is 0 Å². The van der Waals surface area contributed by atoms with Gasteiger partial charge >= 0.3 is 5.63 Å². The molecule has 2 aromatic rings. The Balaban J connectivity index is 1.96. The third-order valence-electron chi connectivity index (χ3n) is 4.39. The number of carbonyl (C=O) groups is 1. The highest BCUT2D eigenvalue weighted by Crippen LogP contribution is 2.27. The summed E-state index contributed by atoms with van der Waals surface area (Å²) in [6.07, 6.45) is 3.59. The van der Waals surface area contributed by atoms with Crippen molar-refractivity contribution >= 4 is 16.8 Å². The van der Waals surface area contributed by atoms with Gasteiger partial charge in [0, 0.05) is 23.4 Å². The minimum atomic E-state index is -0.367. The predicted molar refractivity (Wildman–Crippen MR) is 84.5 cm³/mol. The molecule has 1 aromatic heterocycles. The lowest BCUT2D eigenvalue weighted by Gasteiger charge is -2.21. The number of ether oxygens (including phenoxy) is 1. The van der Waals surface area contributed by atoms with Gasteiger partial charge in [-0.25, -0.2) is 4.79 Å². The van der Waals surface area contributed by atoms with Crippen LogP contribution in [-0.4, -0.2) is 11.9 Å². The van der Waals surface area contributed by atoms with Crippen LogP contribution in [0.1, 0.15) is 43.7 Å². The van der Waals surface area contributed by atoms with Crippen LogP contribution < -0.4 is 10.4 Å². The van der Waals surface area contributed by atoms with Gasteiger partial charge in [-0.2, -0.15) is 0 Å². The number of hydrogen-bond donors (Lipinski definition) is 0. The lowest BCUT2D eigenvalue weighted by Crippen LogP contribution is -2.30. The summed E-state index contributed by atoms with van der Waals surface area (Å²) >= 11 is 0. The van der Waals surface area contributed by atoms with E-state index in [2.05, 4.69) is 0 Å².